The van der Waals surface area contributed by atoms with Gasteiger partial charge in [0.2, 0.25) is 0 Å². The molecule has 0 radical (unpaired) electrons. The maximum atomic E-state index is 12.1. The van der Waals surface area contributed by atoms with Crippen molar-refractivity contribution in [3.8, 4) is 0 Å². The molecule has 0 heterocycles. The average Bonchev–Trinajstić information content (AvgIpc) is 2.14. The van der Waals surface area contributed by atoms with Crippen LogP contribution in [0.4, 0.5) is 13.2 Å². The Morgan fingerprint density at radius 3 is 2.53 bits per heavy atom. The first-order valence-corrected chi connectivity index (χ1v) is 5.35. The number of nitrogens with zero attached hydrogens (tertiary/aromatic N) is 1. The summed E-state index contributed by atoms with van der Waals surface area (Å²) in [4.78, 5) is 1.19. The third kappa shape index (κ3) is 5.19. The molecular weight excluding hydrogens is 229 g/mol. The highest BCUT2D eigenvalue weighted by Gasteiger charge is 2.29. The van der Waals surface area contributed by atoms with E-state index < -0.39 is 18.8 Å². The van der Waals surface area contributed by atoms with Crippen LogP contribution in [0.3, 0.4) is 0 Å². The van der Waals surface area contributed by atoms with Gasteiger partial charge in [-0.1, -0.05) is 29.8 Å². The van der Waals surface area contributed by atoms with Gasteiger partial charge in [-0.15, -0.1) is 0 Å². The summed E-state index contributed by atoms with van der Waals surface area (Å²) in [6.45, 7) is 1.17. The molecule has 0 aliphatic carbocycles. The molecule has 5 heteroatoms. The van der Waals surface area contributed by atoms with Gasteiger partial charge in [0.15, 0.2) is 0 Å². The third-order valence-corrected chi connectivity index (χ3v) is 2.43. The predicted octanol–water partition coefficient (Wildman–Crippen LogP) is 2.49. The fourth-order valence-corrected chi connectivity index (χ4v) is 1.71. The minimum absolute atomic E-state index is 0.183. The third-order valence-electron chi connectivity index (χ3n) is 2.43. The lowest BCUT2D eigenvalue weighted by atomic mass is 10.0. The Labute approximate surface area is 99.2 Å². The number of benzene rings is 1. The van der Waals surface area contributed by atoms with Crippen LogP contribution in [-0.2, 0) is 0 Å². The number of aryl methyl sites for hydroxylation is 1. The van der Waals surface area contributed by atoms with E-state index in [4.69, 9.17) is 5.73 Å². The Kier molecular flexibility index (Phi) is 4.54. The zero-order valence-electron chi connectivity index (χ0n) is 9.96. The van der Waals surface area contributed by atoms with Gasteiger partial charge >= 0.3 is 6.18 Å². The second kappa shape index (κ2) is 5.51. The lowest BCUT2D eigenvalue weighted by Gasteiger charge is -2.22. The Balaban J connectivity index is 2.57. The summed E-state index contributed by atoms with van der Waals surface area (Å²) in [7, 11) is 1.42. The van der Waals surface area contributed by atoms with Crippen LogP contribution in [0.25, 0.3) is 0 Å². The van der Waals surface area contributed by atoms with Crippen LogP contribution >= 0.6 is 0 Å². The number of alkyl halides is 3. The van der Waals surface area contributed by atoms with Gasteiger partial charge in [0, 0.05) is 12.6 Å². The first kappa shape index (κ1) is 14.0. The van der Waals surface area contributed by atoms with Gasteiger partial charge in [0.1, 0.15) is 0 Å². The van der Waals surface area contributed by atoms with Crippen molar-refractivity contribution in [2.75, 3.05) is 20.1 Å². The Bertz CT molecular complexity index is 363. The van der Waals surface area contributed by atoms with Crippen molar-refractivity contribution < 1.29 is 13.2 Å². The molecule has 1 aromatic carbocycles. The van der Waals surface area contributed by atoms with Crippen LogP contribution < -0.4 is 5.73 Å². The molecule has 0 aliphatic heterocycles. The highest BCUT2D eigenvalue weighted by molar-refractivity contribution is 5.25. The summed E-state index contributed by atoms with van der Waals surface area (Å²) >= 11 is 0. The number of rotatable bonds is 4. The van der Waals surface area contributed by atoms with Gasteiger partial charge in [-0.25, -0.2) is 0 Å². The van der Waals surface area contributed by atoms with E-state index >= 15 is 0 Å². The second-order valence-electron chi connectivity index (χ2n) is 4.33. The largest absolute Gasteiger partial charge is 0.401 e. The SMILES string of the molecule is Cc1cccc(C(N)CN(C)CC(F)(F)F)c1. The summed E-state index contributed by atoms with van der Waals surface area (Å²) in [6, 6.07) is 7.11. The topological polar surface area (TPSA) is 29.3 Å². The summed E-state index contributed by atoms with van der Waals surface area (Å²) in [5, 5.41) is 0. The first-order chi connectivity index (χ1) is 7.78. The van der Waals surface area contributed by atoms with E-state index in [1.807, 2.05) is 31.2 Å². The molecule has 1 unspecified atom stereocenters. The first-order valence-electron chi connectivity index (χ1n) is 5.35. The molecule has 2 N–H and O–H groups in total. The number of hydrogen-bond donors (Lipinski definition) is 1. The molecule has 1 rings (SSSR count). The van der Waals surface area contributed by atoms with Crippen LogP contribution in [0.15, 0.2) is 24.3 Å². The van der Waals surface area contributed by atoms with Crippen molar-refractivity contribution in [3.63, 3.8) is 0 Å². The van der Waals surface area contributed by atoms with E-state index in [0.717, 1.165) is 11.1 Å². The molecule has 0 bridgehead atoms. The molecule has 1 atom stereocenters. The lowest BCUT2D eigenvalue weighted by Crippen LogP contribution is -2.36. The average molecular weight is 246 g/mol. The predicted molar refractivity (Wildman–Crippen MR) is 61.7 cm³/mol. The normalized spacial score (nSPS) is 14.1. The standard InChI is InChI=1S/C12H17F3N2/c1-9-4-3-5-10(6-9)11(16)7-17(2)8-12(13,14)15/h3-6,11H,7-8,16H2,1-2H3. The van der Waals surface area contributed by atoms with Crippen LogP contribution in [0.2, 0.25) is 0 Å². The fourth-order valence-electron chi connectivity index (χ4n) is 1.71. The molecule has 96 valence electrons. The van der Waals surface area contributed by atoms with Crippen molar-refractivity contribution in [2.24, 2.45) is 5.73 Å². The molecule has 0 spiro atoms. The zero-order valence-corrected chi connectivity index (χ0v) is 9.96. The lowest BCUT2D eigenvalue weighted by molar-refractivity contribution is -0.143. The van der Waals surface area contributed by atoms with Crippen molar-refractivity contribution >= 4 is 0 Å². The van der Waals surface area contributed by atoms with Gasteiger partial charge in [-0.3, -0.25) is 4.90 Å². The molecular formula is C12H17F3N2. The highest BCUT2D eigenvalue weighted by Crippen LogP contribution is 2.18. The maximum Gasteiger partial charge on any atom is 0.401 e. The highest BCUT2D eigenvalue weighted by atomic mass is 19.4. The second-order valence-corrected chi connectivity index (χ2v) is 4.33. The molecule has 0 fully saturated rings. The van der Waals surface area contributed by atoms with Gasteiger partial charge in [-0.2, -0.15) is 13.2 Å². The number of halogens is 3. The minimum Gasteiger partial charge on any atom is -0.323 e. The molecule has 0 aliphatic rings. The van der Waals surface area contributed by atoms with Gasteiger partial charge in [-0.05, 0) is 19.5 Å². The van der Waals surface area contributed by atoms with Crippen LogP contribution in [0.1, 0.15) is 17.2 Å². The number of likely N-dealkylation sites (N-methyl/N-ethyl adjacent to an activating group) is 1. The number of nitrogens with two attached hydrogens (primary N) is 1. The van der Waals surface area contributed by atoms with E-state index in [-0.39, 0.29) is 6.54 Å². The van der Waals surface area contributed by atoms with Crippen LogP contribution in [0, 0.1) is 6.92 Å². The molecule has 0 saturated heterocycles. The smallest absolute Gasteiger partial charge is 0.323 e. The van der Waals surface area contributed by atoms with Crippen molar-refractivity contribution in [3.05, 3.63) is 35.4 Å². The van der Waals surface area contributed by atoms with Gasteiger partial charge < -0.3 is 5.73 Å². The molecule has 0 saturated carbocycles. The van der Waals surface area contributed by atoms with Crippen molar-refractivity contribution in [1.82, 2.24) is 4.90 Å². The van der Waals surface area contributed by atoms with Gasteiger partial charge in [0.25, 0.3) is 0 Å². The Morgan fingerprint density at radius 2 is 2.00 bits per heavy atom. The summed E-state index contributed by atoms with van der Waals surface area (Å²) in [5.41, 5.74) is 7.79. The van der Waals surface area contributed by atoms with E-state index in [0.29, 0.717) is 0 Å². The molecule has 17 heavy (non-hydrogen) atoms. The molecule has 1 aromatic rings. The molecule has 2 nitrogen and oxygen atoms in total. The van der Waals surface area contributed by atoms with Crippen molar-refractivity contribution in [2.45, 2.75) is 19.1 Å². The van der Waals surface area contributed by atoms with E-state index in [1.165, 1.54) is 11.9 Å². The Morgan fingerprint density at radius 1 is 1.35 bits per heavy atom. The van der Waals surface area contributed by atoms with E-state index in [2.05, 4.69) is 0 Å². The van der Waals surface area contributed by atoms with E-state index in [9.17, 15) is 13.2 Å². The molecule has 0 amide bonds. The summed E-state index contributed by atoms with van der Waals surface area (Å²) in [5.74, 6) is 0. The molecule has 0 aromatic heterocycles. The quantitative estimate of drug-likeness (QED) is 0.884. The van der Waals surface area contributed by atoms with Crippen molar-refractivity contribution in [1.29, 1.82) is 0 Å². The van der Waals surface area contributed by atoms with E-state index in [1.54, 1.807) is 0 Å². The van der Waals surface area contributed by atoms with Gasteiger partial charge in [0.05, 0.1) is 6.54 Å². The Hall–Kier alpha value is -1.07. The summed E-state index contributed by atoms with van der Waals surface area (Å²) in [6.07, 6.45) is -4.18. The van der Waals surface area contributed by atoms with Crippen LogP contribution in [0.5, 0.6) is 0 Å². The maximum absolute atomic E-state index is 12.1. The summed E-state index contributed by atoms with van der Waals surface area (Å²) < 4.78 is 36.4. The monoisotopic (exact) mass is 246 g/mol. The minimum atomic E-state index is -4.18. The zero-order chi connectivity index (χ0) is 13.1. The fraction of sp³-hybridized carbons (Fsp3) is 0.500. The number of hydrogen-bond acceptors (Lipinski definition) is 2. The van der Waals surface area contributed by atoms with Crippen LogP contribution in [-0.4, -0.2) is 31.2 Å².